The van der Waals surface area contributed by atoms with E-state index in [0.717, 1.165) is 14.3 Å². The second-order valence-corrected chi connectivity index (χ2v) is 4.22. The fraction of sp³-hybridized carbons (Fsp3) is 0.111. The molecule has 0 N–H and O–H groups in total. The van der Waals surface area contributed by atoms with Crippen LogP contribution in [-0.4, -0.2) is 14.8 Å². The van der Waals surface area contributed by atoms with Gasteiger partial charge in [-0.15, -0.1) is 0 Å². The Kier molecular flexibility index (Phi) is 4.99. The van der Waals surface area contributed by atoms with Crippen LogP contribution in [0.5, 0.6) is 0 Å². The summed E-state index contributed by atoms with van der Waals surface area (Å²) >= 11 is 1.97. The minimum Gasteiger partial charge on any atom is -1.00 e. The van der Waals surface area contributed by atoms with Crippen LogP contribution >= 0.6 is 22.6 Å². The molecule has 0 amide bonds. The van der Waals surface area contributed by atoms with E-state index in [1.807, 2.05) is 22.6 Å². The maximum Gasteiger partial charge on any atom is 1.00 e. The Labute approximate surface area is 132 Å². The quantitative estimate of drug-likeness (QED) is 0.528. The van der Waals surface area contributed by atoms with Crippen molar-refractivity contribution in [3.8, 4) is 5.82 Å². The summed E-state index contributed by atoms with van der Waals surface area (Å²) in [6.45, 7) is 0. The van der Waals surface area contributed by atoms with Crippen LogP contribution in [0.15, 0.2) is 30.7 Å². The third kappa shape index (κ3) is 3.43. The summed E-state index contributed by atoms with van der Waals surface area (Å²) in [5.41, 5.74) is -0.797. The van der Waals surface area contributed by atoms with Crippen LogP contribution in [0.2, 0.25) is 0 Å². The molecule has 0 aliphatic rings. The van der Waals surface area contributed by atoms with Crippen molar-refractivity contribution < 1.29 is 44.2 Å². The SMILES string of the molecule is FC(F)(F)c1cccnc1-n1cc(I)cn1.[H-].[Na+]. The van der Waals surface area contributed by atoms with E-state index in [9.17, 15) is 13.2 Å². The van der Waals surface area contributed by atoms with Gasteiger partial charge in [-0.05, 0) is 34.7 Å². The van der Waals surface area contributed by atoms with E-state index in [2.05, 4.69) is 10.1 Å². The van der Waals surface area contributed by atoms with Crippen molar-refractivity contribution >= 4 is 22.6 Å². The molecule has 2 aromatic rings. The number of nitrogens with zero attached hydrogens (tertiary/aromatic N) is 3. The van der Waals surface area contributed by atoms with Crippen LogP contribution in [0.4, 0.5) is 13.2 Å². The number of halogens is 4. The van der Waals surface area contributed by atoms with Crippen molar-refractivity contribution in [3.05, 3.63) is 39.9 Å². The zero-order valence-electron chi connectivity index (χ0n) is 9.74. The summed E-state index contributed by atoms with van der Waals surface area (Å²) in [5.74, 6) is -0.210. The molecule has 17 heavy (non-hydrogen) atoms. The Morgan fingerprint density at radius 2 is 2.06 bits per heavy atom. The molecule has 0 spiro atoms. The molecule has 86 valence electrons. The normalized spacial score (nSPS) is 11.1. The molecular formula is C9H6F3IN3Na. The molecule has 0 fully saturated rings. The van der Waals surface area contributed by atoms with E-state index in [1.54, 1.807) is 0 Å². The molecule has 2 rings (SSSR count). The minimum absolute atomic E-state index is 0. The van der Waals surface area contributed by atoms with Gasteiger partial charge in [-0.25, -0.2) is 9.67 Å². The maximum atomic E-state index is 12.7. The van der Waals surface area contributed by atoms with Crippen molar-refractivity contribution in [1.82, 2.24) is 14.8 Å². The van der Waals surface area contributed by atoms with E-state index < -0.39 is 11.7 Å². The number of hydrogen-bond acceptors (Lipinski definition) is 2. The number of rotatable bonds is 1. The standard InChI is InChI=1S/C9H5F3IN3.Na.H/c10-9(11,12)7-2-1-3-14-8(7)16-5-6(13)4-15-16;;/h1-5H;;/q;+1;-1. The zero-order valence-corrected chi connectivity index (χ0v) is 12.9. The van der Waals surface area contributed by atoms with Crippen LogP contribution < -0.4 is 29.6 Å². The largest absolute Gasteiger partial charge is 1.00 e. The summed E-state index contributed by atoms with van der Waals surface area (Å²) < 4.78 is 39.8. The van der Waals surface area contributed by atoms with Gasteiger partial charge in [0.2, 0.25) is 0 Å². The monoisotopic (exact) mass is 363 g/mol. The van der Waals surface area contributed by atoms with Crippen LogP contribution in [0.25, 0.3) is 5.82 Å². The molecule has 2 aromatic heterocycles. The van der Waals surface area contributed by atoms with Gasteiger partial charge in [0.1, 0.15) is 5.56 Å². The topological polar surface area (TPSA) is 30.7 Å². The van der Waals surface area contributed by atoms with Gasteiger partial charge in [0.15, 0.2) is 5.82 Å². The predicted molar refractivity (Wildman–Crippen MR) is 60.2 cm³/mol. The molecule has 3 nitrogen and oxygen atoms in total. The second kappa shape index (κ2) is 5.68. The molecule has 2 heterocycles. The van der Waals surface area contributed by atoms with Crippen molar-refractivity contribution in [2.24, 2.45) is 0 Å². The number of alkyl halides is 3. The van der Waals surface area contributed by atoms with E-state index >= 15 is 0 Å². The van der Waals surface area contributed by atoms with Gasteiger partial charge < -0.3 is 1.43 Å². The van der Waals surface area contributed by atoms with Gasteiger partial charge in [-0.2, -0.15) is 18.3 Å². The van der Waals surface area contributed by atoms with Gasteiger partial charge >= 0.3 is 35.7 Å². The average Bonchev–Trinajstić information content (AvgIpc) is 2.64. The summed E-state index contributed by atoms with van der Waals surface area (Å²) in [6, 6.07) is 2.23. The fourth-order valence-corrected chi connectivity index (χ4v) is 1.61. The van der Waals surface area contributed by atoms with Crippen molar-refractivity contribution in [2.45, 2.75) is 6.18 Å². The Hall–Kier alpha value is -0.120. The summed E-state index contributed by atoms with van der Waals surface area (Å²) in [7, 11) is 0. The first-order valence-corrected chi connectivity index (χ1v) is 5.29. The van der Waals surface area contributed by atoms with Crippen molar-refractivity contribution in [3.63, 3.8) is 0 Å². The first kappa shape index (κ1) is 14.9. The second-order valence-electron chi connectivity index (χ2n) is 2.98. The van der Waals surface area contributed by atoms with Gasteiger partial charge in [-0.3, -0.25) is 0 Å². The Bertz CT molecular complexity index is 518. The first-order valence-electron chi connectivity index (χ1n) is 4.21. The van der Waals surface area contributed by atoms with Gasteiger partial charge in [0.05, 0.1) is 9.77 Å². The van der Waals surface area contributed by atoms with Crippen molar-refractivity contribution in [2.75, 3.05) is 0 Å². The molecule has 0 radical (unpaired) electrons. The molecule has 0 bridgehead atoms. The fourth-order valence-electron chi connectivity index (χ4n) is 1.22. The smallest absolute Gasteiger partial charge is 1.00 e. The Morgan fingerprint density at radius 3 is 2.59 bits per heavy atom. The van der Waals surface area contributed by atoms with Crippen LogP contribution in [-0.2, 0) is 6.18 Å². The Morgan fingerprint density at radius 1 is 1.35 bits per heavy atom. The molecule has 8 heteroatoms. The molecule has 0 unspecified atom stereocenters. The van der Waals surface area contributed by atoms with E-state index in [1.165, 1.54) is 24.7 Å². The molecule has 0 aliphatic heterocycles. The molecule has 0 aromatic carbocycles. The third-order valence-electron chi connectivity index (χ3n) is 1.86. The minimum atomic E-state index is -4.43. The van der Waals surface area contributed by atoms with E-state index in [-0.39, 0.29) is 36.8 Å². The van der Waals surface area contributed by atoms with Crippen molar-refractivity contribution in [1.29, 1.82) is 0 Å². The molecule has 0 atom stereocenters. The third-order valence-corrected chi connectivity index (χ3v) is 2.42. The van der Waals surface area contributed by atoms with E-state index in [4.69, 9.17) is 0 Å². The van der Waals surface area contributed by atoms with E-state index in [0.29, 0.717) is 0 Å². The summed E-state index contributed by atoms with van der Waals surface area (Å²) in [5, 5.41) is 3.81. The Balaban J connectivity index is 0.00000144. The van der Waals surface area contributed by atoms with Gasteiger partial charge in [0, 0.05) is 12.4 Å². The molecule has 0 saturated carbocycles. The van der Waals surface area contributed by atoms with Gasteiger partial charge in [-0.1, -0.05) is 0 Å². The molecular weight excluding hydrogens is 357 g/mol. The summed E-state index contributed by atoms with van der Waals surface area (Å²) in [6.07, 6.45) is -0.173. The maximum absolute atomic E-state index is 12.7. The average molecular weight is 363 g/mol. The predicted octanol–water partition coefficient (Wildman–Crippen LogP) is 0.00720. The number of hydrogen-bond donors (Lipinski definition) is 0. The zero-order chi connectivity index (χ0) is 11.8. The summed E-state index contributed by atoms with van der Waals surface area (Å²) in [4.78, 5) is 3.71. The van der Waals surface area contributed by atoms with Crippen LogP contribution in [0, 0.1) is 3.57 Å². The molecule has 0 saturated heterocycles. The first-order chi connectivity index (χ1) is 7.48. The van der Waals surface area contributed by atoms with Crippen LogP contribution in [0.1, 0.15) is 6.99 Å². The molecule has 0 aliphatic carbocycles. The van der Waals surface area contributed by atoms with Crippen LogP contribution in [0.3, 0.4) is 0 Å². The number of pyridine rings is 1. The number of aromatic nitrogens is 3. The van der Waals surface area contributed by atoms with Gasteiger partial charge in [0.25, 0.3) is 0 Å².